The first kappa shape index (κ1) is 14.9. The summed E-state index contributed by atoms with van der Waals surface area (Å²) in [5, 5.41) is 9.75. The largest absolute Gasteiger partial charge is 0.504 e. The quantitative estimate of drug-likeness (QED) is 0.939. The van der Waals surface area contributed by atoms with E-state index in [2.05, 4.69) is 0 Å². The van der Waals surface area contributed by atoms with E-state index in [1.165, 1.54) is 18.7 Å². The Labute approximate surface area is 124 Å². The van der Waals surface area contributed by atoms with E-state index in [4.69, 9.17) is 4.74 Å². The van der Waals surface area contributed by atoms with E-state index in [1.54, 1.807) is 24.1 Å². The minimum atomic E-state index is -0.145. The zero-order valence-electron chi connectivity index (χ0n) is 12.5. The van der Waals surface area contributed by atoms with Crippen LogP contribution in [-0.2, 0) is 6.54 Å². The number of phenolic OH excluding ortho intramolecular Hbond substituents is 1. The third kappa shape index (κ3) is 3.54. The van der Waals surface area contributed by atoms with E-state index in [1.807, 2.05) is 31.2 Å². The number of benzene rings is 2. The van der Waals surface area contributed by atoms with E-state index in [0.29, 0.717) is 17.9 Å². The highest BCUT2D eigenvalue weighted by Gasteiger charge is 2.14. The van der Waals surface area contributed by atoms with Crippen molar-refractivity contribution in [3.8, 4) is 11.5 Å². The smallest absolute Gasteiger partial charge is 0.254 e. The summed E-state index contributed by atoms with van der Waals surface area (Å²) in [5.41, 5.74) is 2.69. The van der Waals surface area contributed by atoms with Crippen molar-refractivity contribution in [1.82, 2.24) is 4.90 Å². The maximum Gasteiger partial charge on any atom is 0.254 e. The molecule has 1 amide bonds. The molecule has 0 fully saturated rings. The van der Waals surface area contributed by atoms with Crippen LogP contribution in [0.1, 0.15) is 21.5 Å². The van der Waals surface area contributed by atoms with Crippen molar-refractivity contribution < 1.29 is 14.6 Å². The summed E-state index contributed by atoms with van der Waals surface area (Å²) in [6.45, 7) is 2.55. The normalized spacial score (nSPS) is 10.2. The average Bonchev–Trinajstić information content (AvgIpc) is 2.48. The van der Waals surface area contributed by atoms with Gasteiger partial charge in [-0.05, 0) is 30.7 Å². The molecule has 0 aliphatic heterocycles. The Bertz CT molecular complexity index is 635. The molecule has 0 aromatic heterocycles. The molecular formula is C17H19NO3. The molecule has 4 nitrogen and oxygen atoms in total. The van der Waals surface area contributed by atoms with Crippen LogP contribution in [0.15, 0.2) is 42.5 Å². The molecule has 2 rings (SSSR count). The van der Waals surface area contributed by atoms with Crippen molar-refractivity contribution >= 4 is 5.91 Å². The topological polar surface area (TPSA) is 49.8 Å². The second-order valence-corrected chi connectivity index (χ2v) is 5.03. The zero-order valence-corrected chi connectivity index (χ0v) is 12.5. The number of ether oxygens (including phenoxy) is 1. The number of methoxy groups -OCH3 is 1. The van der Waals surface area contributed by atoms with Gasteiger partial charge >= 0.3 is 0 Å². The molecule has 21 heavy (non-hydrogen) atoms. The number of aryl methyl sites for hydroxylation is 1. The molecule has 0 unspecified atom stereocenters. The number of nitrogens with zero attached hydrogens (tertiary/aromatic N) is 1. The number of rotatable bonds is 4. The van der Waals surface area contributed by atoms with E-state index in [-0.39, 0.29) is 11.7 Å². The Morgan fingerprint density at radius 2 is 1.86 bits per heavy atom. The molecule has 0 radical (unpaired) electrons. The summed E-state index contributed by atoms with van der Waals surface area (Å²) < 4.78 is 4.97. The van der Waals surface area contributed by atoms with Crippen LogP contribution in [0.4, 0.5) is 0 Å². The van der Waals surface area contributed by atoms with Crippen LogP contribution in [0.3, 0.4) is 0 Å². The number of phenols is 1. The van der Waals surface area contributed by atoms with Gasteiger partial charge in [0, 0.05) is 19.2 Å². The lowest BCUT2D eigenvalue weighted by Gasteiger charge is -2.18. The number of aromatic hydroxyl groups is 1. The Kier molecular flexibility index (Phi) is 4.48. The Morgan fingerprint density at radius 1 is 1.19 bits per heavy atom. The lowest BCUT2D eigenvalue weighted by Crippen LogP contribution is -2.26. The first-order chi connectivity index (χ1) is 10.0. The number of hydrogen-bond acceptors (Lipinski definition) is 3. The van der Waals surface area contributed by atoms with E-state index >= 15 is 0 Å². The highest BCUT2D eigenvalue weighted by atomic mass is 16.5. The maximum absolute atomic E-state index is 12.3. The summed E-state index contributed by atoms with van der Waals surface area (Å²) in [6, 6.07) is 12.7. The third-order valence-electron chi connectivity index (χ3n) is 3.31. The summed E-state index contributed by atoms with van der Waals surface area (Å²) >= 11 is 0. The first-order valence-electron chi connectivity index (χ1n) is 6.69. The predicted molar refractivity (Wildman–Crippen MR) is 81.6 cm³/mol. The molecule has 0 atom stereocenters. The number of carbonyl (C=O) groups excluding carboxylic acids is 1. The molecule has 0 spiro atoms. The van der Waals surface area contributed by atoms with Crippen molar-refractivity contribution in [3.05, 3.63) is 59.2 Å². The average molecular weight is 285 g/mol. The van der Waals surface area contributed by atoms with Crippen LogP contribution in [0.5, 0.6) is 11.5 Å². The van der Waals surface area contributed by atoms with Crippen LogP contribution in [0.2, 0.25) is 0 Å². The fraction of sp³-hybridized carbons (Fsp3) is 0.235. The molecule has 2 aromatic rings. The highest BCUT2D eigenvalue weighted by Crippen LogP contribution is 2.26. The van der Waals surface area contributed by atoms with Crippen molar-refractivity contribution in [2.24, 2.45) is 0 Å². The maximum atomic E-state index is 12.3. The molecule has 0 saturated carbocycles. The minimum absolute atomic E-state index is 0.0351. The summed E-state index contributed by atoms with van der Waals surface area (Å²) in [6.07, 6.45) is 0. The van der Waals surface area contributed by atoms with Gasteiger partial charge in [-0.15, -0.1) is 0 Å². The zero-order chi connectivity index (χ0) is 15.4. The van der Waals surface area contributed by atoms with Crippen molar-refractivity contribution in [2.75, 3.05) is 14.2 Å². The molecule has 0 aliphatic rings. The van der Waals surface area contributed by atoms with Crippen LogP contribution in [0.25, 0.3) is 0 Å². The molecular weight excluding hydrogens is 266 g/mol. The molecule has 0 aliphatic carbocycles. The molecule has 0 bridgehead atoms. The molecule has 1 N–H and O–H groups in total. The van der Waals surface area contributed by atoms with Crippen molar-refractivity contribution in [1.29, 1.82) is 0 Å². The predicted octanol–water partition coefficient (Wildman–Crippen LogP) is 2.98. The second-order valence-electron chi connectivity index (χ2n) is 5.03. The van der Waals surface area contributed by atoms with Crippen molar-refractivity contribution in [3.63, 3.8) is 0 Å². The Morgan fingerprint density at radius 3 is 2.43 bits per heavy atom. The fourth-order valence-electron chi connectivity index (χ4n) is 2.08. The van der Waals surface area contributed by atoms with E-state index in [9.17, 15) is 9.90 Å². The van der Waals surface area contributed by atoms with Gasteiger partial charge in [-0.2, -0.15) is 0 Å². The molecule has 110 valence electrons. The van der Waals surface area contributed by atoms with Crippen LogP contribution in [-0.4, -0.2) is 30.1 Å². The van der Waals surface area contributed by atoms with E-state index < -0.39 is 0 Å². The molecule has 0 heterocycles. The summed E-state index contributed by atoms with van der Waals surface area (Å²) in [7, 11) is 3.21. The van der Waals surface area contributed by atoms with Gasteiger partial charge in [-0.1, -0.05) is 29.8 Å². The van der Waals surface area contributed by atoms with Crippen LogP contribution < -0.4 is 4.74 Å². The second kappa shape index (κ2) is 6.31. The van der Waals surface area contributed by atoms with Gasteiger partial charge in [0.1, 0.15) is 0 Å². The first-order valence-corrected chi connectivity index (χ1v) is 6.69. The number of hydrogen-bond donors (Lipinski definition) is 1. The van der Waals surface area contributed by atoms with Crippen LogP contribution in [0, 0.1) is 6.92 Å². The molecule has 4 heteroatoms. The van der Waals surface area contributed by atoms with Crippen LogP contribution >= 0.6 is 0 Å². The lowest BCUT2D eigenvalue weighted by molar-refractivity contribution is 0.0784. The number of amides is 1. The van der Waals surface area contributed by atoms with Gasteiger partial charge < -0.3 is 14.7 Å². The summed E-state index contributed by atoms with van der Waals surface area (Å²) in [4.78, 5) is 14.0. The molecule has 2 aromatic carbocycles. The minimum Gasteiger partial charge on any atom is -0.504 e. The number of carbonyl (C=O) groups is 1. The summed E-state index contributed by atoms with van der Waals surface area (Å²) in [5.74, 6) is 0.174. The lowest BCUT2D eigenvalue weighted by atomic mass is 10.1. The Hall–Kier alpha value is -2.49. The van der Waals surface area contributed by atoms with E-state index in [0.717, 1.165) is 5.56 Å². The Balaban J connectivity index is 2.11. The standard InChI is InChI=1S/C17H19NO3/c1-12-4-6-13(7-5-12)11-18(2)17(20)14-8-9-16(21-3)15(19)10-14/h4-10,19H,11H2,1-3H3. The van der Waals surface area contributed by atoms with Crippen molar-refractivity contribution in [2.45, 2.75) is 13.5 Å². The van der Waals surface area contributed by atoms with Gasteiger partial charge in [-0.25, -0.2) is 0 Å². The SMILES string of the molecule is COc1ccc(C(=O)N(C)Cc2ccc(C)cc2)cc1O. The third-order valence-corrected chi connectivity index (χ3v) is 3.31. The van der Waals surface area contributed by atoms with Gasteiger partial charge in [0.25, 0.3) is 5.91 Å². The monoisotopic (exact) mass is 285 g/mol. The van der Waals surface area contributed by atoms with Gasteiger partial charge in [0.15, 0.2) is 11.5 Å². The van der Waals surface area contributed by atoms with Gasteiger partial charge in [-0.3, -0.25) is 4.79 Å². The molecule has 0 saturated heterocycles. The highest BCUT2D eigenvalue weighted by molar-refractivity contribution is 5.94. The fourth-order valence-corrected chi connectivity index (χ4v) is 2.08. The van der Waals surface area contributed by atoms with Gasteiger partial charge in [0.05, 0.1) is 7.11 Å². The van der Waals surface area contributed by atoms with Gasteiger partial charge in [0.2, 0.25) is 0 Å².